The van der Waals surface area contributed by atoms with E-state index in [9.17, 15) is 14.9 Å². The summed E-state index contributed by atoms with van der Waals surface area (Å²) in [6.07, 6.45) is 1.62. The number of benzene rings is 2. The number of para-hydroxylation sites is 1. The van der Waals surface area contributed by atoms with Crippen LogP contribution < -0.4 is 11.1 Å². The average Bonchev–Trinajstić information content (AvgIpc) is 2.61. The molecule has 2 aromatic rings. The lowest BCUT2D eigenvalue weighted by molar-refractivity contribution is -0.114. The van der Waals surface area contributed by atoms with Crippen LogP contribution in [0.2, 0.25) is 0 Å². The van der Waals surface area contributed by atoms with Crippen molar-refractivity contribution in [3.63, 3.8) is 0 Å². The van der Waals surface area contributed by atoms with Gasteiger partial charge in [-0.2, -0.15) is 5.26 Å². The molecule has 0 aliphatic rings. The molecular formula is C20H17N3O2. The maximum atomic E-state index is 12.7. The van der Waals surface area contributed by atoms with Crippen LogP contribution in [0.5, 0.6) is 0 Å². The van der Waals surface area contributed by atoms with E-state index in [-0.39, 0.29) is 16.7 Å². The Hall–Kier alpha value is -3.65. The van der Waals surface area contributed by atoms with E-state index < -0.39 is 11.8 Å². The summed E-state index contributed by atoms with van der Waals surface area (Å²) in [4.78, 5) is 24.2. The summed E-state index contributed by atoms with van der Waals surface area (Å²) in [5.41, 5.74) is 6.81. The van der Waals surface area contributed by atoms with Crippen molar-refractivity contribution < 1.29 is 9.59 Å². The highest BCUT2D eigenvalue weighted by Gasteiger charge is 2.18. The molecule has 0 heterocycles. The minimum Gasteiger partial charge on any atom is -0.365 e. The van der Waals surface area contributed by atoms with Crippen molar-refractivity contribution in [2.75, 3.05) is 5.32 Å². The molecular weight excluding hydrogens is 314 g/mol. The Kier molecular flexibility index (Phi) is 5.86. The predicted molar refractivity (Wildman–Crippen MR) is 97.0 cm³/mol. The Labute approximate surface area is 146 Å². The molecule has 0 bridgehead atoms. The molecule has 0 saturated carbocycles. The number of nitrogens with two attached hydrogens (primary N) is 1. The summed E-state index contributed by atoms with van der Waals surface area (Å²) < 4.78 is 0. The van der Waals surface area contributed by atoms with Crippen LogP contribution in [0.25, 0.3) is 6.08 Å². The first-order valence-electron chi connectivity index (χ1n) is 7.57. The SMILES string of the molecule is CC(=C(\C#N)C(N)=O)/C(=C\c1ccccc1)C(=O)Nc1ccccc1. The second-order valence-corrected chi connectivity index (χ2v) is 5.26. The number of hydrogen-bond acceptors (Lipinski definition) is 3. The average molecular weight is 331 g/mol. The standard InChI is InChI=1S/C20H17N3O2/c1-14(18(13-21)19(22)24)17(12-15-8-4-2-5-9-15)20(25)23-16-10-6-3-7-11-16/h2-12H,1H3,(H2,22,24)(H,23,25)/b17-12+,18-14-. The van der Waals surface area contributed by atoms with Gasteiger partial charge in [-0.05, 0) is 36.3 Å². The van der Waals surface area contributed by atoms with E-state index in [1.54, 1.807) is 36.4 Å². The van der Waals surface area contributed by atoms with Crippen molar-refractivity contribution in [2.45, 2.75) is 6.92 Å². The van der Waals surface area contributed by atoms with Gasteiger partial charge in [0.05, 0.1) is 0 Å². The van der Waals surface area contributed by atoms with Gasteiger partial charge in [0.15, 0.2) is 0 Å². The molecule has 0 aromatic heterocycles. The summed E-state index contributed by atoms with van der Waals surface area (Å²) in [7, 11) is 0. The molecule has 0 aliphatic carbocycles. The van der Waals surface area contributed by atoms with Gasteiger partial charge in [0.2, 0.25) is 0 Å². The fourth-order valence-corrected chi connectivity index (χ4v) is 2.24. The minimum absolute atomic E-state index is 0.199. The van der Waals surface area contributed by atoms with Crippen LogP contribution >= 0.6 is 0 Å². The molecule has 0 unspecified atom stereocenters. The summed E-state index contributed by atoms with van der Waals surface area (Å²) in [6, 6.07) is 19.8. The van der Waals surface area contributed by atoms with E-state index >= 15 is 0 Å². The Balaban J connectivity index is 2.50. The first-order chi connectivity index (χ1) is 12.0. The molecule has 0 fully saturated rings. The van der Waals surface area contributed by atoms with Crippen LogP contribution in [0.1, 0.15) is 12.5 Å². The second-order valence-electron chi connectivity index (χ2n) is 5.26. The number of hydrogen-bond donors (Lipinski definition) is 2. The molecule has 0 saturated heterocycles. The van der Waals surface area contributed by atoms with Crippen LogP contribution in [0.15, 0.2) is 77.4 Å². The molecule has 25 heavy (non-hydrogen) atoms. The van der Waals surface area contributed by atoms with Gasteiger partial charge in [-0.3, -0.25) is 9.59 Å². The molecule has 5 heteroatoms. The van der Waals surface area contributed by atoms with Crippen molar-refractivity contribution in [2.24, 2.45) is 5.73 Å². The van der Waals surface area contributed by atoms with Gasteiger partial charge in [-0.15, -0.1) is 0 Å². The molecule has 124 valence electrons. The summed E-state index contributed by atoms with van der Waals surface area (Å²) in [6.45, 7) is 1.53. The lowest BCUT2D eigenvalue weighted by Gasteiger charge is -2.11. The van der Waals surface area contributed by atoms with E-state index in [4.69, 9.17) is 5.73 Å². The zero-order chi connectivity index (χ0) is 18.2. The van der Waals surface area contributed by atoms with E-state index in [1.165, 1.54) is 6.92 Å². The van der Waals surface area contributed by atoms with Crippen molar-refractivity contribution in [1.29, 1.82) is 5.26 Å². The number of anilines is 1. The van der Waals surface area contributed by atoms with Gasteiger partial charge in [0, 0.05) is 11.3 Å². The highest BCUT2D eigenvalue weighted by Crippen LogP contribution is 2.20. The van der Waals surface area contributed by atoms with Crippen LogP contribution in [0, 0.1) is 11.3 Å². The largest absolute Gasteiger partial charge is 0.365 e. The van der Waals surface area contributed by atoms with Crippen molar-refractivity contribution in [3.05, 3.63) is 82.9 Å². The number of carbonyl (C=O) groups is 2. The molecule has 3 N–H and O–H groups in total. The van der Waals surface area contributed by atoms with Crippen LogP contribution in [-0.2, 0) is 9.59 Å². The third-order valence-corrected chi connectivity index (χ3v) is 3.52. The fourth-order valence-electron chi connectivity index (χ4n) is 2.24. The summed E-state index contributed by atoms with van der Waals surface area (Å²) >= 11 is 0. The Bertz CT molecular complexity index is 876. The number of nitrogens with one attached hydrogen (secondary N) is 1. The predicted octanol–water partition coefficient (Wildman–Crippen LogP) is 3.03. The molecule has 0 atom stereocenters. The van der Waals surface area contributed by atoms with Crippen molar-refractivity contribution in [1.82, 2.24) is 0 Å². The Morgan fingerprint density at radius 3 is 2.12 bits per heavy atom. The lowest BCUT2D eigenvalue weighted by Crippen LogP contribution is -2.20. The van der Waals surface area contributed by atoms with Crippen molar-refractivity contribution >= 4 is 23.6 Å². The smallest absolute Gasteiger partial charge is 0.259 e. The first kappa shape index (κ1) is 17.7. The third kappa shape index (κ3) is 4.66. The monoisotopic (exact) mass is 331 g/mol. The van der Waals surface area contributed by atoms with Gasteiger partial charge in [0.25, 0.3) is 11.8 Å². The number of primary amides is 1. The molecule has 2 rings (SSSR count). The lowest BCUT2D eigenvalue weighted by atomic mass is 9.98. The zero-order valence-electron chi connectivity index (χ0n) is 13.7. The van der Waals surface area contributed by atoms with Crippen LogP contribution in [0.3, 0.4) is 0 Å². The highest BCUT2D eigenvalue weighted by atomic mass is 16.2. The van der Waals surface area contributed by atoms with Gasteiger partial charge in [-0.25, -0.2) is 0 Å². The quantitative estimate of drug-likeness (QED) is 0.501. The van der Waals surface area contributed by atoms with Gasteiger partial charge in [0.1, 0.15) is 11.6 Å². The third-order valence-electron chi connectivity index (χ3n) is 3.52. The van der Waals surface area contributed by atoms with Crippen LogP contribution in [0.4, 0.5) is 5.69 Å². The Morgan fingerprint density at radius 2 is 1.60 bits per heavy atom. The first-order valence-corrected chi connectivity index (χ1v) is 7.57. The Morgan fingerprint density at radius 1 is 1.04 bits per heavy atom. The number of amides is 2. The van der Waals surface area contributed by atoms with Crippen molar-refractivity contribution in [3.8, 4) is 6.07 Å². The maximum Gasteiger partial charge on any atom is 0.259 e. The summed E-state index contributed by atoms with van der Waals surface area (Å²) in [5, 5.41) is 11.9. The zero-order valence-corrected chi connectivity index (χ0v) is 13.7. The molecule has 2 aromatic carbocycles. The molecule has 0 aliphatic heterocycles. The minimum atomic E-state index is -0.869. The van der Waals surface area contributed by atoms with E-state index in [0.29, 0.717) is 5.69 Å². The maximum absolute atomic E-state index is 12.7. The van der Waals surface area contributed by atoms with Gasteiger partial charge >= 0.3 is 0 Å². The molecule has 0 radical (unpaired) electrons. The second kappa shape index (κ2) is 8.27. The van der Waals surface area contributed by atoms with E-state index in [2.05, 4.69) is 5.32 Å². The molecule has 2 amide bonds. The topological polar surface area (TPSA) is 96.0 Å². The number of nitrogens with zero attached hydrogens (tertiary/aromatic N) is 1. The van der Waals surface area contributed by atoms with Crippen LogP contribution in [-0.4, -0.2) is 11.8 Å². The summed E-state index contributed by atoms with van der Waals surface area (Å²) in [5.74, 6) is -1.30. The normalized spacial score (nSPS) is 11.9. The van der Waals surface area contributed by atoms with E-state index in [0.717, 1.165) is 5.56 Å². The fraction of sp³-hybridized carbons (Fsp3) is 0.0500. The highest BCUT2D eigenvalue weighted by molar-refractivity contribution is 6.12. The van der Waals surface area contributed by atoms with Gasteiger partial charge < -0.3 is 11.1 Å². The number of nitriles is 1. The molecule has 0 spiro atoms. The van der Waals surface area contributed by atoms with E-state index in [1.807, 2.05) is 36.4 Å². The van der Waals surface area contributed by atoms with Gasteiger partial charge in [-0.1, -0.05) is 48.5 Å². The molecule has 5 nitrogen and oxygen atoms in total. The number of rotatable bonds is 5. The number of carbonyl (C=O) groups excluding carboxylic acids is 2.